The smallest absolute Gasteiger partial charge is 0.253 e. The Balaban J connectivity index is 1.26. The molecule has 0 bridgehead atoms. The number of hydrogen-bond donors (Lipinski definition) is 2. The Hall–Kier alpha value is -4.42. The number of rotatable bonds is 7. The Morgan fingerprint density at radius 2 is 2.08 bits per heavy atom. The molecule has 1 aliphatic rings. The van der Waals surface area contributed by atoms with Gasteiger partial charge in [-0.25, -0.2) is 0 Å². The van der Waals surface area contributed by atoms with E-state index >= 15 is 0 Å². The molecule has 4 aromatic heterocycles. The average molecular weight is 487 g/mol. The van der Waals surface area contributed by atoms with Gasteiger partial charge in [-0.2, -0.15) is 4.52 Å². The van der Waals surface area contributed by atoms with Gasteiger partial charge in [0, 0.05) is 29.6 Å². The quantitative estimate of drug-likeness (QED) is 0.348. The van der Waals surface area contributed by atoms with Crippen molar-refractivity contribution in [1.82, 2.24) is 35.3 Å². The van der Waals surface area contributed by atoms with Crippen LogP contribution in [-0.2, 0) is 18.0 Å². The summed E-state index contributed by atoms with van der Waals surface area (Å²) in [6.07, 6.45) is 2.34. The van der Waals surface area contributed by atoms with Crippen molar-refractivity contribution >= 4 is 22.3 Å². The van der Waals surface area contributed by atoms with Gasteiger partial charge in [0.1, 0.15) is 13.2 Å². The van der Waals surface area contributed by atoms with Crippen molar-refractivity contribution in [3.63, 3.8) is 0 Å². The number of nitrogens with one attached hydrogen (secondary N) is 1. The second-order valence-electron chi connectivity index (χ2n) is 8.31. The number of aromatic nitrogens is 6. The second-order valence-corrected chi connectivity index (χ2v) is 8.31. The number of benzene rings is 1. The third kappa shape index (κ3) is 4.12. The third-order valence-electron chi connectivity index (χ3n) is 5.88. The minimum atomic E-state index is -0.281. The van der Waals surface area contributed by atoms with Crippen molar-refractivity contribution in [2.45, 2.75) is 25.7 Å². The van der Waals surface area contributed by atoms with Crippen molar-refractivity contribution in [3.8, 4) is 17.4 Å². The number of hydrogen-bond acceptors (Lipinski definition) is 10. The zero-order valence-corrected chi connectivity index (χ0v) is 19.0. The summed E-state index contributed by atoms with van der Waals surface area (Å²) >= 11 is 0. The third-order valence-corrected chi connectivity index (χ3v) is 5.88. The molecular formula is C24H21N7O5. The monoisotopic (exact) mass is 487 g/mol. The minimum Gasteiger partial charge on any atom is -0.470 e. The van der Waals surface area contributed by atoms with Gasteiger partial charge in [0.05, 0.1) is 23.9 Å². The molecule has 6 rings (SSSR count). The Labute approximate surface area is 203 Å². The molecule has 1 unspecified atom stereocenters. The van der Waals surface area contributed by atoms with Crippen molar-refractivity contribution in [2.24, 2.45) is 0 Å². The summed E-state index contributed by atoms with van der Waals surface area (Å²) in [6, 6.07) is 12.6. The lowest BCUT2D eigenvalue weighted by Gasteiger charge is -2.11. The lowest BCUT2D eigenvalue weighted by molar-refractivity contribution is 0.0929. The van der Waals surface area contributed by atoms with Gasteiger partial charge in [0.25, 0.3) is 5.91 Å². The summed E-state index contributed by atoms with van der Waals surface area (Å²) < 4.78 is 18.0. The topological polar surface area (TPSA) is 150 Å². The number of aliphatic hydroxyl groups excluding tert-OH is 1. The maximum absolute atomic E-state index is 12.4. The van der Waals surface area contributed by atoms with E-state index in [0.29, 0.717) is 53.3 Å². The fraction of sp³-hybridized carbons (Fsp3) is 0.250. The first-order chi connectivity index (χ1) is 17.7. The predicted molar refractivity (Wildman–Crippen MR) is 125 cm³/mol. The Morgan fingerprint density at radius 1 is 1.19 bits per heavy atom. The van der Waals surface area contributed by atoms with Gasteiger partial charge in [-0.05, 0) is 24.6 Å². The highest BCUT2D eigenvalue weighted by atomic mass is 16.5. The highest BCUT2D eigenvalue weighted by molar-refractivity contribution is 5.97. The van der Waals surface area contributed by atoms with E-state index < -0.39 is 0 Å². The van der Waals surface area contributed by atoms with Crippen LogP contribution in [-0.4, -0.2) is 60.2 Å². The molecule has 0 aliphatic carbocycles. The van der Waals surface area contributed by atoms with Crippen molar-refractivity contribution < 1.29 is 23.9 Å². The molecule has 1 aliphatic heterocycles. The van der Waals surface area contributed by atoms with Gasteiger partial charge in [0.2, 0.25) is 11.7 Å². The van der Waals surface area contributed by atoms with Gasteiger partial charge in [-0.15, -0.1) is 15.3 Å². The maximum atomic E-state index is 12.4. The largest absolute Gasteiger partial charge is 0.470 e. The van der Waals surface area contributed by atoms with E-state index in [0.717, 1.165) is 17.2 Å². The number of carbonyl (C=O) groups is 1. The molecule has 1 atom stereocenters. The molecule has 0 saturated carbocycles. The van der Waals surface area contributed by atoms with Gasteiger partial charge in [-0.3, -0.25) is 9.78 Å². The molecule has 2 N–H and O–H groups in total. The van der Waals surface area contributed by atoms with E-state index in [1.165, 1.54) is 10.7 Å². The Bertz CT molecular complexity index is 1540. The van der Waals surface area contributed by atoms with Gasteiger partial charge in [-0.1, -0.05) is 23.4 Å². The van der Waals surface area contributed by atoms with Crippen LogP contribution in [0.3, 0.4) is 0 Å². The van der Waals surface area contributed by atoms with E-state index in [-0.39, 0.29) is 25.2 Å². The first kappa shape index (κ1) is 22.1. The molecule has 5 heterocycles. The number of fused-ring (bicyclic) bond motifs is 3. The van der Waals surface area contributed by atoms with Crippen LogP contribution in [0.1, 0.15) is 28.2 Å². The molecular weight excluding hydrogens is 466 g/mol. The number of pyridine rings is 1. The van der Waals surface area contributed by atoms with Crippen LogP contribution in [0.2, 0.25) is 0 Å². The number of aliphatic hydroxyl groups is 1. The van der Waals surface area contributed by atoms with E-state index in [2.05, 4.69) is 30.8 Å². The zero-order chi connectivity index (χ0) is 24.5. The number of amides is 1. The average Bonchev–Trinajstić information content (AvgIpc) is 3.68. The van der Waals surface area contributed by atoms with Gasteiger partial charge in [0.15, 0.2) is 17.1 Å². The number of nitrogens with zero attached hydrogens (tertiary/aromatic N) is 6. The molecule has 12 heteroatoms. The maximum Gasteiger partial charge on any atom is 0.253 e. The molecule has 12 nitrogen and oxygen atoms in total. The number of carbonyl (C=O) groups excluding carboxylic acids is 1. The van der Waals surface area contributed by atoms with Gasteiger partial charge >= 0.3 is 0 Å². The second kappa shape index (κ2) is 9.32. The molecule has 0 spiro atoms. The first-order valence-corrected chi connectivity index (χ1v) is 11.4. The lowest BCUT2D eigenvalue weighted by atomic mass is 10.2. The molecule has 182 valence electrons. The molecule has 36 heavy (non-hydrogen) atoms. The molecule has 1 aromatic carbocycles. The fourth-order valence-corrected chi connectivity index (χ4v) is 4.01. The van der Waals surface area contributed by atoms with Crippen LogP contribution in [0.5, 0.6) is 5.88 Å². The zero-order valence-electron chi connectivity index (χ0n) is 19.0. The van der Waals surface area contributed by atoms with E-state index in [1.807, 2.05) is 24.3 Å². The Morgan fingerprint density at radius 3 is 2.83 bits per heavy atom. The van der Waals surface area contributed by atoms with Crippen molar-refractivity contribution in [2.75, 3.05) is 13.2 Å². The van der Waals surface area contributed by atoms with E-state index in [4.69, 9.17) is 14.0 Å². The standard InChI is InChI=1S/C24H21N7O5/c32-11-17-9-20(30-36-17)22-28-27-21-18-3-1-2-4-19(18)24(29-31(21)22)35-13-15-6-5-14(10-25-15)23(33)26-16-7-8-34-12-16/h1-6,9-10,16,32H,7-8,11-13H2,(H,26,33). The lowest BCUT2D eigenvalue weighted by Crippen LogP contribution is -2.35. The van der Waals surface area contributed by atoms with Crippen molar-refractivity contribution in [3.05, 3.63) is 65.7 Å². The van der Waals surface area contributed by atoms with E-state index in [9.17, 15) is 9.90 Å². The van der Waals surface area contributed by atoms with Crippen LogP contribution in [0.15, 0.2) is 53.2 Å². The molecule has 1 fully saturated rings. The summed E-state index contributed by atoms with van der Waals surface area (Å²) in [4.78, 5) is 16.8. The first-order valence-electron chi connectivity index (χ1n) is 11.4. The van der Waals surface area contributed by atoms with Crippen molar-refractivity contribution in [1.29, 1.82) is 0 Å². The predicted octanol–water partition coefficient (Wildman–Crippen LogP) is 1.92. The summed E-state index contributed by atoms with van der Waals surface area (Å²) in [7, 11) is 0. The highest BCUT2D eigenvalue weighted by Crippen LogP contribution is 2.29. The summed E-state index contributed by atoms with van der Waals surface area (Å²) in [5.41, 5.74) is 2.03. The Kier molecular flexibility index (Phi) is 5.71. The normalized spacial score (nSPS) is 15.5. The van der Waals surface area contributed by atoms with Crippen LogP contribution < -0.4 is 10.1 Å². The molecule has 0 radical (unpaired) electrons. The van der Waals surface area contributed by atoms with Gasteiger partial charge < -0.3 is 24.4 Å². The SMILES string of the molecule is O=C(NC1CCOC1)c1ccc(COc2nn3c(-c4cc(CO)on4)nnc3c3ccccc23)nc1. The van der Waals surface area contributed by atoms with Crippen LogP contribution in [0.25, 0.3) is 27.9 Å². The number of ether oxygens (including phenoxy) is 2. The van der Waals surface area contributed by atoms with E-state index in [1.54, 1.807) is 18.2 Å². The summed E-state index contributed by atoms with van der Waals surface area (Å²) in [5.74, 6) is 0.833. The van der Waals surface area contributed by atoms with Crippen LogP contribution in [0.4, 0.5) is 0 Å². The summed E-state index contributed by atoms with van der Waals surface area (Å²) in [6.45, 7) is 1.05. The highest BCUT2D eigenvalue weighted by Gasteiger charge is 2.20. The molecule has 1 saturated heterocycles. The van der Waals surface area contributed by atoms with Crippen LogP contribution in [0, 0.1) is 0 Å². The van der Waals surface area contributed by atoms with Crippen LogP contribution >= 0.6 is 0 Å². The minimum absolute atomic E-state index is 0.0322. The fourth-order valence-electron chi connectivity index (χ4n) is 4.01. The molecule has 5 aromatic rings. The molecule has 1 amide bonds. The summed E-state index contributed by atoms with van der Waals surface area (Å²) in [5, 5.41) is 30.8.